The van der Waals surface area contributed by atoms with Gasteiger partial charge in [0.1, 0.15) is 0 Å². The van der Waals surface area contributed by atoms with Crippen molar-refractivity contribution in [2.75, 3.05) is 62.9 Å². The number of nitrogen functional groups attached to an aromatic ring is 2. The number of nitrogens with one attached hydrogen (secondary N) is 2. The first-order valence-electron chi connectivity index (χ1n) is 22.1. The third-order valence-electron chi connectivity index (χ3n) is 14.4. The Bertz CT molecular complexity index is 2240. The van der Waals surface area contributed by atoms with Gasteiger partial charge in [-0.15, -0.1) is 0 Å². The number of unbranched alkanes of at least 4 members (excludes halogenated alkanes) is 1. The number of aliphatic hydroxyl groups excluding tert-OH is 1. The number of carbonyl (C=O) groups excluding carboxylic acids is 3. The second-order valence-electron chi connectivity index (χ2n) is 18.2. The SMILES string of the molecule is C[C@H]1C[C@@H]2C3CCC4=CC(=O)C=C[C@@]4(C)[C@]3(F)[C@H](O)C[C@@]2(C)[C@]1(O)C(=O)NCCCOCCCCOCCCNC(=O)c1ccc(N(C)Cc2cnc3nc(N)nc(N)c3n2)cc1. The number of aromatic nitrogens is 4. The van der Waals surface area contributed by atoms with E-state index in [0.29, 0.717) is 106 Å². The van der Waals surface area contributed by atoms with Gasteiger partial charge >= 0.3 is 0 Å². The molecular formula is C46H62FN9O7. The zero-order valence-electron chi connectivity index (χ0n) is 36.7. The molecule has 0 spiro atoms. The average Bonchev–Trinajstić information content (AvgIpc) is 3.45. The fourth-order valence-electron chi connectivity index (χ4n) is 10.9. The van der Waals surface area contributed by atoms with Gasteiger partial charge in [0.15, 0.2) is 34.0 Å². The van der Waals surface area contributed by atoms with E-state index in [2.05, 4.69) is 30.6 Å². The molecule has 2 aromatic heterocycles. The van der Waals surface area contributed by atoms with Crippen LogP contribution in [0.1, 0.15) is 88.2 Å². The van der Waals surface area contributed by atoms with Crippen LogP contribution in [0.2, 0.25) is 0 Å². The number of hydrogen-bond donors (Lipinski definition) is 6. The molecule has 0 aliphatic heterocycles. The van der Waals surface area contributed by atoms with Gasteiger partial charge in [-0.1, -0.05) is 25.5 Å². The van der Waals surface area contributed by atoms with Crippen molar-refractivity contribution in [2.45, 2.75) is 96.1 Å². The summed E-state index contributed by atoms with van der Waals surface area (Å²) >= 11 is 0. The number of halogens is 1. The van der Waals surface area contributed by atoms with E-state index in [-0.39, 0.29) is 35.8 Å². The largest absolute Gasteiger partial charge is 0.390 e. The van der Waals surface area contributed by atoms with Crippen LogP contribution in [-0.2, 0) is 25.6 Å². The summed E-state index contributed by atoms with van der Waals surface area (Å²) in [5.41, 5.74) is 9.22. The standard InChI is InChI=1S/C46H62FN9O7/c1-28-23-35-34-14-11-30-24-33(57)15-16-43(30,2)45(34,47)36(58)25-44(35,3)46(28,61)41(60)51-18-8-22-63-20-6-5-19-62-21-7-17-50-40(59)29-9-12-32(13-10-29)56(4)27-31-26-52-39-37(53-31)38(48)54-42(49)55-39/h9-10,12-13,15-16,24,26,28,34-36,58,61H,5-8,11,14,17-23,25,27H2,1-4H3,(H,50,59)(H,51,60)(H4,48,49,52,54,55)/t28-,34?,35+,36+,43+,44+,45+,46+/m0/s1. The number of nitrogens with two attached hydrogens (primary N) is 2. The van der Waals surface area contributed by atoms with E-state index in [1.54, 1.807) is 31.3 Å². The third-order valence-corrected chi connectivity index (χ3v) is 14.4. The van der Waals surface area contributed by atoms with E-state index in [0.717, 1.165) is 18.5 Å². The van der Waals surface area contributed by atoms with Gasteiger partial charge in [0.2, 0.25) is 5.95 Å². The average molecular weight is 872 g/mol. The Kier molecular flexibility index (Phi) is 13.5. The molecule has 4 aliphatic rings. The van der Waals surface area contributed by atoms with Crippen LogP contribution in [0.5, 0.6) is 0 Å². The number of hydrogen-bond acceptors (Lipinski definition) is 14. The number of amides is 2. The Morgan fingerprint density at radius 2 is 1.63 bits per heavy atom. The van der Waals surface area contributed by atoms with Crippen LogP contribution >= 0.6 is 0 Å². The second kappa shape index (κ2) is 18.6. The number of ketones is 1. The van der Waals surface area contributed by atoms with E-state index in [1.807, 2.05) is 37.9 Å². The van der Waals surface area contributed by atoms with Crippen molar-refractivity contribution in [3.8, 4) is 0 Å². The summed E-state index contributed by atoms with van der Waals surface area (Å²) in [7, 11) is 1.91. The molecule has 0 bridgehead atoms. The molecule has 1 aromatic carbocycles. The molecule has 63 heavy (non-hydrogen) atoms. The van der Waals surface area contributed by atoms with E-state index in [4.69, 9.17) is 20.9 Å². The predicted molar refractivity (Wildman–Crippen MR) is 236 cm³/mol. The van der Waals surface area contributed by atoms with Crippen molar-refractivity contribution in [2.24, 2.45) is 28.6 Å². The van der Waals surface area contributed by atoms with Crippen LogP contribution in [-0.4, -0.2) is 112 Å². The Labute approximate surface area is 367 Å². The van der Waals surface area contributed by atoms with Crippen molar-refractivity contribution in [3.05, 3.63) is 65.5 Å². The molecule has 3 fully saturated rings. The van der Waals surface area contributed by atoms with Crippen molar-refractivity contribution in [1.29, 1.82) is 0 Å². The highest BCUT2D eigenvalue weighted by atomic mass is 19.1. The number of anilines is 3. The highest BCUT2D eigenvalue weighted by Crippen LogP contribution is 2.70. The first kappa shape index (κ1) is 45.9. The van der Waals surface area contributed by atoms with Gasteiger partial charge in [-0.25, -0.2) is 14.4 Å². The molecule has 2 amide bonds. The molecule has 0 saturated heterocycles. The Balaban J connectivity index is 0.738. The third kappa shape index (κ3) is 8.64. The van der Waals surface area contributed by atoms with Crippen LogP contribution < -0.4 is 27.0 Å². The number of aliphatic hydroxyl groups is 2. The predicted octanol–water partition coefficient (Wildman–Crippen LogP) is 4.01. The number of alkyl halides is 1. The van der Waals surface area contributed by atoms with Gasteiger partial charge in [0.25, 0.3) is 11.8 Å². The molecule has 8 N–H and O–H groups in total. The summed E-state index contributed by atoms with van der Waals surface area (Å²) in [6, 6.07) is 7.29. The lowest BCUT2D eigenvalue weighted by molar-refractivity contribution is -0.219. The quantitative estimate of drug-likeness (QED) is 0.0991. The van der Waals surface area contributed by atoms with Gasteiger partial charge in [-0.2, -0.15) is 9.97 Å². The van der Waals surface area contributed by atoms with Crippen LogP contribution in [0.3, 0.4) is 0 Å². The Morgan fingerprint density at radius 1 is 0.968 bits per heavy atom. The normalized spacial score (nSPS) is 29.7. The maximum absolute atomic E-state index is 17.4. The molecule has 1 unspecified atom stereocenters. The monoisotopic (exact) mass is 871 g/mol. The van der Waals surface area contributed by atoms with Crippen LogP contribution in [0.25, 0.3) is 11.2 Å². The molecule has 16 nitrogen and oxygen atoms in total. The number of rotatable bonds is 18. The van der Waals surface area contributed by atoms with Crippen molar-refractivity contribution < 1.29 is 38.5 Å². The summed E-state index contributed by atoms with van der Waals surface area (Å²) in [5, 5.41) is 29.6. The number of benzene rings is 1. The van der Waals surface area contributed by atoms with Gasteiger partial charge < -0.3 is 46.7 Å². The number of ether oxygens (including phenoxy) is 2. The molecule has 4 aliphatic carbocycles. The van der Waals surface area contributed by atoms with Crippen molar-refractivity contribution in [3.63, 3.8) is 0 Å². The zero-order chi connectivity index (χ0) is 45.2. The first-order chi connectivity index (χ1) is 30.0. The number of nitrogens with zero attached hydrogens (tertiary/aromatic N) is 5. The molecule has 3 aromatic rings. The first-order valence-corrected chi connectivity index (χ1v) is 22.1. The molecule has 0 radical (unpaired) electrons. The van der Waals surface area contributed by atoms with E-state index in [1.165, 1.54) is 12.2 Å². The van der Waals surface area contributed by atoms with E-state index in [9.17, 15) is 24.6 Å². The minimum Gasteiger partial charge on any atom is -0.390 e. The lowest BCUT2D eigenvalue weighted by Gasteiger charge is -2.62. The molecule has 17 heteroatoms. The van der Waals surface area contributed by atoms with E-state index >= 15 is 4.39 Å². The summed E-state index contributed by atoms with van der Waals surface area (Å²) < 4.78 is 28.9. The lowest BCUT2D eigenvalue weighted by Crippen LogP contribution is -2.70. The Hall–Kier alpha value is -5.10. The van der Waals surface area contributed by atoms with Crippen molar-refractivity contribution >= 4 is 46.2 Å². The molecule has 340 valence electrons. The summed E-state index contributed by atoms with van der Waals surface area (Å²) in [4.78, 5) is 57.4. The highest BCUT2D eigenvalue weighted by molar-refractivity contribution is 6.01. The summed E-state index contributed by atoms with van der Waals surface area (Å²) in [6.45, 7) is 8.77. The topological polar surface area (TPSA) is 241 Å². The van der Waals surface area contributed by atoms with Gasteiger partial charge in [-0.3, -0.25) is 14.4 Å². The molecule has 3 saturated carbocycles. The smallest absolute Gasteiger partial charge is 0.252 e. The van der Waals surface area contributed by atoms with Crippen molar-refractivity contribution in [1.82, 2.24) is 30.6 Å². The molecule has 7 rings (SSSR count). The fourth-order valence-corrected chi connectivity index (χ4v) is 10.9. The lowest BCUT2D eigenvalue weighted by atomic mass is 9.44. The highest BCUT2D eigenvalue weighted by Gasteiger charge is 2.75. The minimum absolute atomic E-state index is 0.0430. The zero-order valence-corrected chi connectivity index (χ0v) is 36.7. The van der Waals surface area contributed by atoms with E-state index < -0.39 is 45.9 Å². The fraction of sp³-hybridized carbons (Fsp3) is 0.587. The molecule has 8 atom stereocenters. The van der Waals surface area contributed by atoms with Gasteiger partial charge in [0.05, 0.1) is 24.5 Å². The van der Waals surface area contributed by atoms with Crippen LogP contribution in [0.4, 0.5) is 21.8 Å². The maximum atomic E-state index is 17.4. The van der Waals surface area contributed by atoms with Crippen LogP contribution in [0.15, 0.2) is 54.3 Å². The van der Waals surface area contributed by atoms with Gasteiger partial charge in [-0.05, 0) is 107 Å². The van der Waals surface area contributed by atoms with Crippen LogP contribution in [0, 0.1) is 28.6 Å². The number of carbonyl (C=O) groups is 3. The maximum Gasteiger partial charge on any atom is 0.252 e. The van der Waals surface area contributed by atoms with Gasteiger partial charge in [0, 0.05) is 74.6 Å². The molecular weight excluding hydrogens is 810 g/mol. The summed E-state index contributed by atoms with van der Waals surface area (Å²) in [5.74, 6) is -1.92. The molecule has 2 heterocycles. The minimum atomic E-state index is -2.01. The summed E-state index contributed by atoms with van der Waals surface area (Å²) in [6.07, 6.45) is 8.97. The number of allylic oxidation sites excluding steroid dienone is 4. The second-order valence-corrected chi connectivity index (χ2v) is 18.2. The Morgan fingerprint density at radius 3 is 2.33 bits per heavy atom. The number of fused-ring (bicyclic) bond motifs is 6.